The monoisotopic (exact) mass is 261 g/mol. The van der Waals surface area contributed by atoms with Crippen molar-refractivity contribution in [3.63, 3.8) is 0 Å². The second-order valence-corrected chi connectivity index (χ2v) is 6.03. The number of nitrogens with one attached hydrogen (secondary N) is 1. The molecule has 1 aromatic heterocycles. The maximum atomic E-state index is 12.2. The Hall–Kier alpha value is -1.58. The van der Waals surface area contributed by atoms with Crippen molar-refractivity contribution in [2.45, 2.75) is 39.7 Å². The number of carbonyl (C=O) groups is 1. The zero-order valence-corrected chi connectivity index (χ0v) is 12.1. The summed E-state index contributed by atoms with van der Waals surface area (Å²) in [6, 6.07) is 3.98. The van der Waals surface area contributed by atoms with Crippen molar-refractivity contribution in [1.82, 2.24) is 9.88 Å². The van der Waals surface area contributed by atoms with Crippen LogP contribution in [0.15, 0.2) is 18.3 Å². The molecule has 0 aromatic carbocycles. The van der Waals surface area contributed by atoms with Gasteiger partial charge < -0.3 is 10.2 Å². The summed E-state index contributed by atoms with van der Waals surface area (Å²) >= 11 is 0. The van der Waals surface area contributed by atoms with E-state index in [2.05, 4.69) is 24.1 Å². The molecule has 2 rings (SSSR count). The summed E-state index contributed by atoms with van der Waals surface area (Å²) in [6.45, 7) is 6.03. The van der Waals surface area contributed by atoms with Crippen molar-refractivity contribution in [2.24, 2.45) is 5.41 Å². The molecule has 104 valence electrons. The summed E-state index contributed by atoms with van der Waals surface area (Å²) in [5.41, 5.74) is 1.41. The average Bonchev–Trinajstić information content (AvgIpc) is 2.52. The van der Waals surface area contributed by atoms with Crippen molar-refractivity contribution >= 4 is 11.7 Å². The Morgan fingerprint density at radius 1 is 1.42 bits per heavy atom. The van der Waals surface area contributed by atoms with E-state index in [1.54, 1.807) is 6.20 Å². The minimum absolute atomic E-state index is 0.272. The van der Waals surface area contributed by atoms with Gasteiger partial charge in [-0.3, -0.25) is 4.79 Å². The fourth-order valence-corrected chi connectivity index (χ4v) is 2.39. The summed E-state index contributed by atoms with van der Waals surface area (Å²) in [7, 11) is 1.85. The molecular formula is C15H23N3O. The number of anilines is 1. The molecular weight excluding hydrogens is 238 g/mol. The average molecular weight is 261 g/mol. The van der Waals surface area contributed by atoms with E-state index in [-0.39, 0.29) is 11.3 Å². The molecule has 1 aromatic rings. The van der Waals surface area contributed by atoms with Crippen LogP contribution in [-0.4, -0.2) is 29.4 Å². The summed E-state index contributed by atoms with van der Waals surface area (Å²) < 4.78 is 0. The van der Waals surface area contributed by atoms with Crippen LogP contribution < -0.4 is 5.32 Å². The summed E-state index contributed by atoms with van der Waals surface area (Å²) in [5.74, 6) is 1.12. The predicted octanol–water partition coefficient (Wildman–Crippen LogP) is 2.66. The molecule has 0 radical (unpaired) electrons. The third-order valence-electron chi connectivity index (χ3n) is 3.88. The zero-order chi connectivity index (χ0) is 13.9. The molecule has 4 nitrogen and oxygen atoms in total. The van der Waals surface area contributed by atoms with Crippen LogP contribution in [0.3, 0.4) is 0 Å². The van der Waals surface area contributed by atoms with Crippen LogP contribution in [0, 0.1) is 5.41 Å². The van der Waals surface area contributed by atoms with Gasteiger partial charge in [-0.05, 0) is 36.0 Å². The lowest BCUT2D eigenvalue weighted by Gasteiger charge is -2.23. The second kappa shape index (κ2) is 5.59. The van der Waals surface area contributed by atoms with E-state index in [1.165, 1.54) is 0 Å². The molecule has 0 atom stereocenters. The van der Waals surface area contributed by atoms with Gasteiger partial charge in [0, 0.05) is 32.8 Å². The number of amides is 1. The van der Waals surface area contributed by atoms with Gasteiger partial charge in [0.1, 0.15) is 5.82 Å². The first-order chi connectivity index (χ1) is 9.00. The molecule has 0 unspecified atom stereocenters. The largest absolute Gasteiger partial charge is 0.373 e. The van der Waals surface area contributed by atoms with Crippen LogP contribution in [0.5, 0.6) is 0 Å². The Bertz CT molecular complexity index is 456. The van der Waals surface area contributed by atoms with E-state index in [0.717, 1.165) is 30.8 Å². The maximum absolute atomic E-state index is 12.2. The normalized spacial score (nSPS) is 19.1. The highest BCUT2D eigenvalue weighted by molar-refractivity contribution is 5.76. The van der Waals surface area contributed by atoms with Gasteiger partial charge in [0.15, 0.2) is 0 Å². The first kappa shape index (κ1) is 13.8. The minimum Gasteiger partial charge on any atom is -0.373 e. The Labute approximate surface area is 115 Å². The number of likely N-dealkylation sites (tertiary alicyclic amines) is 1. The molecule has 2 heterocycles. The highest BCUT2D eigenvalue weighted by Crippen LogP contribution is 2.30. The fraction of sp³-hybridized carbons (Fsp3) is 0.600. The third-order valence-corrected chi connectivity index (χ3v) is 3.88. The predicted molar refractivity (Wildman–Crippen MR) is 76.8 cm³/mol. The Balaban J connectivity index is 2.06. The molecule has 1 amide bonds. The number of aromatic nitrogens is 1. The van der Waals surface area contributed by atoms with Gasteiger partial charge in [-0.2, -0.15) is 0 Å². The fourth-order valence-electron chi connectivity index (χ4n) is 2.39. The van der Waals surface area contributed by atoms with Crippen molar-refractivity contribution in [3.8, 4) is 0 Å². The van der Waals surface area contributed by atoms with E-state index in [0.29, 0.717) is 13.0 Å². The van der Waals surface area contributed by atoms with Gasteiger partial charge in [0.2, 0.25) is 5.91 Å². The summed E-state index contributed by atoms with van der Waals surface area (Å²) in [6.07, 6.45) is 4.51. The number of nitrogens with zero attached hydrogens (tertiary/aromatic N) is 2. The van der Waals surface area contributed by atoms with Crippen LogP contribution in [0.4, 0.5) is 5.82 Å². The van der Waals surface area contributed by atoms with Crippen LogP contribution in [0.2, 0.25) is 0 Å². The quantitative estimate of drug-likeness (QED) is 0.910. The topological polar surface area (TPSA) is 45.2 Å². The Morgan fingerprint density at radius 2 is 2.21 bits per heavy atom. The van der Waals surface area contributed by atoms with Crippen molar-refractivity contribution in [1.29, 1.82) is 0 Å². The first-order valence-electron chi connectivity index (χ1n) is 6.91. The second-order valence-electron chi connectivity index (χ2n) is 6.03. The zero-order valence-electron chi connectivity index (χ0n) is 12.1. The molecule has 19 heavy (non-hydrogen) atoms. The lowest BCUT2D eigenvalue weighted by atomic mass is 9.85. The molecule has 1 fully saturated rings. The summed E-state index contributed by atoms with van der Waals surface area (Å²) in [5, 5.41) is 3.03. The van der Waals surface area contributed by atoms with Crippen LogP contribution in [-0.2, 0) is 11.3 Å². The van der Waals surface area contributed by atoms with E-state index < -0.39 is 0 Å². The van der Waals surface area contributed by atoms with E-state index in [9.17, 15) is 4.79 Å². The third kappa shape index (κ3) is 3.69. The SMILES string of the molecule is CNc1cc(CN2CCC(C)(C)CCC2=O)ccn1. The highest BCUT2D eigenvalue weighted by atomic mass is 16.2. The maximum Gasteiger partial charge on any atom is 0.222 e. The molecule has 0 spiro atoms. The molecule has 1 N–H and O–H groups in total. The Kier molecular flexibility index (Phi) is 4.08. The van der Waals surface area contributed by atoms with Crippen molar-refractivity contribution in [3.05, 3.63) is 23.9 Å². The van der Waals surface area contributed by atoms with E-state index in [4.69, 9.17) is 0 Å². The number of hydrogen-bond donors (Lipinski definition) is 1. The molecule has 0 aliphatic carbocycles. The lowest BCUT2D eigenvalue weighted by Crippen LogP contribution is -2.30. The summed E-state index contributed by atoms with van der Waals surface area (Å²) in [4.78, 5) is 18.3. The Morgan fingerprint density at radius 3 is 2.95 bits per heavy atom. The molecule has 1 saturated heterocycles. The van der Waals surface area contributed by atoms with Gasteiger partial charge in [0.05, 0.1) is 0 Å². The van der Waals surface area contributed by atoms with E-state index >= 15 is 0 Å². The number of rotatable bonds is 3. The van der Waals surface area contributed by atoms with Gasteiger partial charge >= 0.3 is 0 Å². The van der Waals surface area contributed by atoms with E-state index in [1.807, 2.05) is 24.1 Å². The highest BCUT2D eigenvalue weighted by Gasteiger charge is 2.27. The van der Waals surface area contributed by atoms with Crippen LogP contribution in [0.25, 0.3) is 0 Å². The molecule has 1 aliphatic heterocycles. The first-order valence-corrected chi connectivity index (χ1v) is 6.91. The number of hydrogen-bond acceptors (Lipinski definition) is 3. The molecule has 0 saturated carbocycles. The minimum atomic E-state index is 0.272. The van der Waals surface area contributed by atoms with Crippen LogP contribution >= 0.6 is 0 Å². The van der Waals surface area contributed by atoms with Crippen molar-refractivity contribution < 1.29 is 4.79 Å². The molecule has 4 heteroatoms. The lowest BCUT2D eigenvalue weighted by molar-refractivity contribution is -0.131. The van der Waals surface area contributed by atoms with Gasteiger partial charge in [-0.1, -0.05) is 13.8 Å². The van der Waals surface area contributed by atoms with Gasteiger partial charge in [-0.25, -0.2) is 4.98 Å². The number of carbonyl (C=O) groups excluding carboxylic acids is 1. The van der Waals surface area contributed by atoms with Crippen LogP contribution in [0.1, 0.15) is 38.7 Å². The van der Waals surface area contributed by atoms with Crippen molar-refractivity contribution in [2.75, 3.05) is 18.9 Å². The molecule has 1 aliphatic rings. The van der Waals surface area contributed by atoms with Gasteiger partial charge in [0.25, 0.3) is 0 Å². The standard InChI is InChI=1S/C15H23N3O/c1-15(2)6-4-14(19)18(9-7-15)11-12-5-8-17-13(10-12)16-3/h5,8,10H,4,6-7,9,11H2,1-3H3,(H,16,17). The number of pyridine rings is 1. The molecule has 0 bridgehead atoms. The smallest absolute Gasteiger partial charge is 0.222 e. The van der Waals surface area contributed by atoms with Gasteiger partial charge in [-0.15, -0.1) is 0 Å².